The molecule has 0 bridgehead atoms. The molecule has 8 heteroatoms. The Balaban J connectivity index is 1.97. The van der Waals surface area contributed by atoms with Gasteiger partial charge in [-0.25, -0.2) is 9.48 Å². The summed E-state index contributed by atoms with van der Waals surface area (Å²) in [7, 11) is 1.39. The highest BCUT2D eigenvalue weighted by molar-refractivity contribution is 7.99. The van der Waals surface area contributed by atoms with Gasteiger partial charge >= 0.3 is 5.97 Å². The van der Waals surface area contributed by atoms with E-state index in [0.29, 0.717) is 23.3 Å². The second-order valence-electron chi connectivity index (χ2n) is 6.84. The average molecular weight is 417 g/mol. The van der Waals surface area contributed by atoms with Crippen LogP contribution in [0.1, 0.15) is 51.6 Å². The molecule has 0 radical (unpaired) electrons. The SMILES string of the molecule is CCCCSc1nc2n(n1)C(c1ccc(OCCC)cc1)C(C(=O)OC)=C(C)N2. The van der Waals surface area contributed by atoms with Gasteiger partial charge in [-0.1, -0.05) is 44.2 Å². The summed E-state index contributed by atoms with van der Waals surface area (Å²) in [5.74, 6) is 2.02. The molecule has 1 aliphatic rings. The van der Waals surface area contributed by atoms with Gasteiger partial charge < -0.3 is 14.8 Å². The fraction of sp³-hybridized carbons (Fsp3) is 0.476. The summed E-state index contributed by atoms with van der Waals surface area (Å²) in [6.07, 6.45) is 3.18. The van der Waals surface area contributed by atoms with Gasteiger partial charge in [0, 0.05) is 11.4 Å². The molecule has 0 amide bonds. The van der Waals surface area contributed by atoms with Crippen LogP contribution in [0, 0.1) is 0 Å². The van der Waals surface area contributed by atoms with Crippen molar-refractivity contribution in [1.29, 1.82) is 0 Å². The summed E-state index contributed by atoms with van der Waals surface area (Å²) in [5, 5.41) is 8.59. The number of nitrogens with one attached hydrogen (secondary N) is 1. The number of allylic oxidation sites excluding steroid dienone is 1. The molecule has 156 valence electrons. The lowest BCUT2D eigenvalue weighted by atomic mass is 9.96. The highest BCUT2D eigenvalue weighted by Crippen LogP contribution is 2.37. The molecule has 3 rings (SSSR count). The standard InChI is InChI=1S/C21H28N4O3S/c1-5-7-13-29-21-23-20-22-14(3)17(19(26)27-4)18(25(20)24-21)15-8-10-16(11-9-15)28-12-6-2/h8-11,18H,5-7,12-13H2,1-4H3,(H,22,23,24). The number of hydrogen-bond acceptors (Lipinski definition) is 7. The monoisotopic (exact) mass is 416 g/mol. The Morgan fingerprint density at radius 2 is 2.00 bits per heavy atom. The number of rotatable bonds is 9. The Morgan fingerprint density at radius 1 is 1.24 bits per heavy atom. The van der Waals surface area contributed by atoms with E-state index >= 15 is 0 Å². The number of carbonyl (C=O) groups is 1. The van der Waals surface area contributed by atoms with Crippen molar-refractivity contribution in [2.45, 2.75) is 51.2 Å². The number of nitrogens with zero attached hydrogens (tertiary/aromatic N) is 3. The lowest BCUT2D eigenvalue weighted by molar-refractivity contribution is -0.136. The number of hydrogen-bond donors (Lipinski definition) is 1. The third-order valence-corrected chi connectivity index (χ3v) is 5.56. The van der Waals surface area contributed by atoms with E-state index in [0.717, 1.165) is 42.0 Å². The molecule has 1 unspecified atom stereocenters. The maximum absolute atomic E-state index is 12.6. The van der Waals surface area contributed by atoms with Crippen molar-refractivity contribution >= 4 is 23.7 Å². The van der Waals surface area contributed by atoms with E-state index in [1.807, 2.05) is 31.2 Å². The number of thioether (sulfide) groups is 1. The first-order valence-corrected chi connectivity index (χ1v) is 11.0. The Labute approximate surface area is 175 Å². The summed E-state index contributed by atoms with van der Waals surface area (Å²) in [6.45, 7) is 6.76. The molecule has 0 saturated carbocycles. The van der Waals surface area contributed by atoms with Gasteiger partial charge in [-0.05, 0) is 37.5 Å². The van der Waals surface area contributed by atoms with Crippen molar-refractivity contribution in [3.63, 3.8) is 0 Å². The first-order chi connectivity index (χ1) is 14.1. The van der Waals surface area contributed by atoms with Crippen LogP contribution in [0.4, 0.5) is 5.95 Å². The van der Waals surface area contributed by atoms with Gasteiger partial charge in [-0.15, -0.1) is 5.10 Å². The lowest BCUT2D eigenvalue weighted by Gasteiger charge is -2.27. The van der Waals surface area contributed by atoms with Gasteiger partial charge in [0.15, 0.2) is 0 Å². The Kier molecular flexibility index (Phi) is 7.19. The Morgan fingerprint density at radius 3 is 2.66 bits per heavy atom. The third-order valence-electron chi connectivity index (χ3n) is 4.64. The number of carbonyl (C=O) groups excluding carboxylic acids is 1. The molecule has 1 aromatic carbocycles. The minimum Gasteiger partial charge on any atom is -0.494 e. The molecule has 1 atom stereocenters. The Hall–Kier alpha value is -2.48. The van der Waals surface area contributed by atoms with Crippen molar-refractivity contribution in [1.82, 2.24) is 14.8 Å². The maximum Gasteiger partial charge on any atom is 0.338 e. The predicted molar refractivity (Wildman–Crippen MR) is 114 cm³/mol. The molecule has 29 heavy (non-hydrogen) atoms. The summed E-state index contributed by atoms with van der Waals surface area (Å²) in [5.41, 5.74) is 2.17. The molecular weight excluding hydrogens is 388 g/mol. The highest BCUT2D eigenvalue weighted by Gasteiger charge is 2.34. The van der Waals surface area contributed by atoms with Crippen LogP contribution < -0.4 is 10.1 Å². The number of anilines is 1. The van der Waals surface area contributed by atoms with Gasteiger partial charge in [0.2, 0.25) is 11.1 Å². The van der Waals surface area contributed by atoms with Crippen LogP contribution >= 0.6 is 11.8 Å². The first kappa shape index (κ1) is 21.2. The number of esters is 1. The summed E-state index contributed by atoms with van der Waals surface area (Å²) in [4.78, 5) is 17.2. The van der Waals surface area contributed by atoms with Gasteiger partial charge in [-0.3, -0.25) is 0 Å². The molecule has 0 aliphatic carbocycles. The van der Waals surface area contributed by atoms with Crippen LogP contribution in [0.5, 0.6) is 5.75 Å². The second kappa shape index (κ2) is 9.82. The zero-order valence-electron chi connectivity index (χ0n) is 17.4. The Bertz CT molecular complexity index is 877. The topological polar surface area (TPSA) is 78.3 Å². The van der Waals surface area contributed by atoms with E-state index in [1.165, 1.54) is 7.11 Å². The number of fused-ring (bicyclic) bond motifs is 1. The van der Waals surface area contributed by atoms with Gasteiger partial charge in [0.05, 0.1) is 19.3 Å². The van der Waals surface area contributed by atoms with E-state index in [4.69, 9.17) is 9.47 Å². The lowest BCUT2D eigenvalue weighted by Crippen LogP contribution is -2.29. The molecule has 1 aromatic heterocycles. The second-order valence-corrected chi connectivity index (χ2v) is 7.90. The highest BCUT2D eigenvalue weighted by atomic mass is 32.2. The van der Waals surface area contributed by atoms with Crippen molar-refractivity contribution in [2.24, 2.45) is 0 Å². The summed E-state index contributed by atoms with van der Waals surface area (Å²) < 4.78 is 12.5. The van der Waals surface area contributed by atoms with E-state index in [2.05, 4.69) is 29.2 Å². The molecule has 2 heterocycles. The first-order valence-electron chi connectivity index (χ1n) is 9.97. The quantitative estimate of drug-likeness (QED) is 0.368. The summed E-state index contributed by atoms with van der Waals surface area (Å²) in [6, 6.07) is 7.36. The van der Waals surface area contributed by atoms with Crippen LogP contribution in [0.25, 0.3) is 0 Å². The van der Waals surface area contributed by atoms with Gasteiger partial charge in [-0.2, -0.15) is 4.98 Å². The largest absolute Gasteiger partial charge is 0.494 e. The van der Waals surface area contributed by atoms with E-state index in [1.54, 1.807) is 16.4 Å². The molecule has 0 spiro atoms. The van der Waals surface area contributed by atoms with Gasteiger partial charge in [0.1, 0.15) is 11.8 Å². The fourth-order valence-electron chi connectivity index (χ4n) is 3.15. The molecule has 1 N–H and O–H groups in total. The van der Waals surface area contributed by atoms with Crippen LogP contribution in [0.3, 0.4) is 0 Å². The number of benzene rings is 1. The minimum atomic E-state index is -0.410. The third kappa shape index (κ3) is 4.75. The molecule has 7 nitrogen and oxygen atoms in total. The van der Waals surface area contributed by atoms with Crippen molar-refractivity contribution in [3.8, 4) is 5.75 Å². The number of ether oxygens (including phenoxy) is 2. The van der Waals surface area contributed by atoms with Crippen LogP contribution in [-0.4, -0.2) is 40.2 Å². The number of aromatic nitrogens is 3. The van der Waals surface area contributed by atoms with Crippen molar-refractivity contribution in [2.75, 3.05) is 24.8 Å². The summed E-state index contributed by atoms with van der Waals surface area (Å²) >= 11 is 1.63. The average Bonchev–Trinajstić information content (AvgIpc) is 3.13. The predicted octanol–water partition coefficient (Wildman–Crippen LogP) is 4.42. The zero-order chi connectivity index (χ0) is 20.8. The molecule has 0 fully saturated rings. The van der Waals surface area contributed by atoms with Crippen LogP contribution in [0.15, 0.2) is 40.7 Å². The molecule has 2 aromatic rings. The fourth-order valence-corrected chi connectivity index (χ4v) is 4.06. The normalized spacial score (nSPS) is 15.7. The smallest absolute Gasteiger partial charge is 0.338 e. The zero-order valence-corrected chi connectivity index (χ0v) is 18.2. The molecular formula is C21H28N4O3S. The van der Waals surface area contributed by atoms with Crippen LogP contribution in [-0.2, 0) is 9.53 Å². The molecule has 0 saturated heterocycles. The van der Waals surface area contributed by atoms with Gasteiger partial charge in [0.25, 0.3) is 0 Å². The maximum atomic E-state index is 12.6. The van der Waals surface area contributed by atoms with Crippen LogP contribution in [0.2, 0.25) is 0 Å². The molecule has 1 aliphatic heterocycles. The minimum absolute atomic E-state index is 0.382. The van der Waals surface area contributed by atoms with E-state index in [9.17, 15) is 4.79 Å². The number of methoxy groups -OCH3 is 1. The van der Waals surface area contributed by atoms with Crippen molar-refractivity contribution < 1.29 is 14.3 Å². The van der Waals surface area contributed by atoms with E-state index < -0.39 is 6.04 Å². The van der Waals surface area contributed by atoms with Crippen molar-refractivity contribution in [3.05, 3.63) is 41.1 Å². The number of unbranched alkanes of at least 4 members (excludes halogenated alkanes) is 1. The van der Waals surface area contributed by atoms with E-state index in [-0.39, 0.29) is 5.97 Å².